The molecule has 0 amide bonds. The van der Waals surface area contributed by atoms with Crippen molar-refractivity contribution in [2.75, 3.05) is 7.11 Å². The van der Waals surface area contributed by atoms with Crippen LogP contribution in [-0.4, -0.2) is 21.9 Å². The minimum absolute atomic E-state index is 0.272. The van der Waals surface area contributed by atoms with E-state index < -0.39 is 11.7 Å². The largest absolute Gasteiger partial charge is 0.503 e. The maximum Gasteiger partial charge on any atom is 0.293 e. The molecule has 2 aromatic rings. The molecule has 1 atom stereocenters. The summed E-state index contributed by atoms with van der Waals surface area (Å²) >= 11 is 0. The molecule has 1 unspecified atom stereocenters. The fourth-order valence-electron chi connectivity index (χ4n) is 2.12. The molecule has 5 nitrogen and oxygen atoms in total. The average molecular weight is 289 g/mol. The first-order chi connectivity index (χ1) is 10.1. The highest BCUT2D eigenvalue weighted by Gasteiger charge is 2.14. The number of aromatic hydroxyl groups is 1. The third kappa shape index (κ3) is 3.25. The lowest BCUT2D eigenvalue weighted by Gasteiger charge is -2.13. The second-order valence-electron chi connectivity index (χ2n) is 4.82. The summed E-state index contributed by atoms with van der Waals surface area (Å²) in [5.74, 6) is 0.357. The van der Waals surface area contributed by atoms with Crippen molar-refractivity contribution in [2.24, 2.45) is 0 Å². The number of pyridine rings is 1. The molecule has 5 heteroatoms. The number of aliphatic hydroxyl groups is 1. The summed E-state index contributed by atoms with van der Waals surface area (Å²) in [7, 11) is 1.59. The Morgan fingerprint density at radius 1 is 1.24 bits per heavy atom. The lowest BCUT2D eigenvalue weighted by molar-refractivity contribution is 0.169. The molecule has 0 fully saturated rings. The van der Waals surface area contributed by atoms with Crippen LogP contribution in [-0.2, 0) is 6.54 Å². The maximum atomic E-state index is 12.1. The van der Waals surface area contributed by atoms with E-state index in [2.05, 4.69) is 0 Å². The van der Waals surface area contributed by atoms with Crippen LogP contribution in [0.5, 0.6) is 11.5 Å². The van der Waals surface area contributed by atoms with E-state index in [-0.39, 0.29) is 11.3 Å². The van der Waals surface area contributed by atoms with Crippen LogP contribution in [0.1, 0.15) is 30.6 Å². The summed E-state index contributed by atoms with van der Waals surface area (Å²) in [5, 5.41) is 19.7. The maximum absolute atomic E-state index is 12.1. The van der Waals surface area contributed by atoms with Crippen molar-refractivity contribution in [3.63, 3.8) is 0 Å². The van der Waals surface area contributed by atoms with E-state index in [4.69, 9.17) is 4.74 Å². The summed E-state index contributed by atoms with van der Waals surface area (Å²) in [5.41, 5.74) is 0.686. The van der Waals surface area contributed by atoms with Crippen molar-refractivity contribution < 1.29 is 14.9 Å². The number of rotatable bonds is 5. The van der Waals surface area contributed by atoms with Crippen molar-refractivity contribution in [1.29, 1.82) is 0 Å². The molecule has 0 aliphatic carbocycles. The molecule has 2 N–H and O–H groups in total. The Morgan fingerprint density at radius 2 is 1.90 bits per heavy atom. The molecule has 21 heavy (non-hydrogen) atoms. The van der Waals surface area contributed by atoms with Crippen molar-refractivity contribution in [2.45, 2.75) is 26.0 Å². The van der Waals surface area contributed by atoms with Gasteiger partial charge in [0, 0.05) is 11.8 Å². The van der Waals surface area contributed by atoms with Crippen molar-refractivity contribution in [3.8, 4) is 11.5 Å². The monoisotopic (exact) mass is 289 g/mol. The predicted octanol–water partition coefficient (Wildman–Crippen LogP) is 2.05. The summed E-state index contributed by atoms with van der Waals surface area (Å²) < 4.78 is 6.49. The molecule has 0 saturated carbocycles. The van der Waals surface area contributed by atoms with E-state index in [1.54, 1.807) is 26.3 Å². The standard InChI is InChI=1S/C16H19NO4/c1-3-14(18)13-8-9-17(16(20)15(13)19)10-11-4-6-12(21-2)7-5-11/h4-9,14,18-19H,3,10H2,1-2H3. The Labute approximate surface area is 123 Å². The van der Waals surface area contributed by atoms with Gasteiger partial charge in [-0.15, -0.1) is 0 Å². The molecular weight excluding hydrogens is 270 g/mol. The quantitative estimate of drug-likeness (QED) is 0.883. The van der Waals surface area contributed by atoms with Crippen LogP contribution in [0.25, 0.3) is 0 Å². The first-order valence-corrected chi connectivity index (χ1v) is 6.80. The predicted molar refractivity (Wildman–Crippen MR) is 79.7 cm³/mol. The highest BCUT2D eigenvalue weighted by molar-refractivity contribution is 5.32. The van der Waals surface area contributed by atoms with Crippen LogP contribution >= 0.6 is 0 Å². The van der Waals surface area contributed by atoms with Gasteiger partial charge in [0.25, 0.3) is 5.56 Å². The molecular formula is C16H19NO4. The van der Waals surface area contributed by atoms with Gasteiger partial charge in [-0.1, -0.05) is 19.1 Å². The van der Waals surface area contributed by atoms with Gasteiger partial charge in [-0.25, -0.2) is 0 Å². The first kappa shape index (κ1) is 15.1. The lowest BCUT2D eigenvalue weighted by atomic mass is 10.1. The van der Waals surface area contributed by atoms with Gasteiger partial charge in [0.15, 0.2) is 5.75 Å². The fourth-order valence-corrected chi connectivity index (χ4v) is 2.12. The summed E-state index contributed by atoms with van der Waals surface area (Å²) in [4.78, 5) is 12.1. The second kappa shape index (κ2) is 6.45. The topological polar surface area (TPSA) is 71.7 Å². The molecule has 112 valence electrons. The zero-order valence-electron chi connectivity index (χ0n) is 12.1. The van der Waals surface area contributed by atoms with Gasteiger partial charge >= 0.3 is 0 Å². The third-order valence-electron chi connectivity index (χ3n) is 3.43. The molecule has 1 heterocycles. The Kier molecular flexibility index (Phi) is 4.65. The number of nitrogens with zero attached hydrogens (tertiary/aromatic N) is 1. The Morgan fingerprint density at radius 3 is 2.48 bits per heavy atom. The van der Waals surface area contributed by atoms with Gasteiger partial charge < -0.3 is 19.5 Å². The molecule has 0 radical (unpaired) electrons. The zero-order chi connectivity index (χ0) is 15.4. The van der Waals surface area contributed by atoms with Crippen LogP contribution in [0.2, 0.25) is 0 Å². The van der Waals surface area contributed by atoms with Gasteiger partial charge in [-0.05, 0) is 30.2 Å². The van der Waals surface area contributed by atoms with E-state index >= 15 is 0 Å². The molecule has 2 rings (SSSR count). The minimum atomic E-state index is -0.826. The summed E-state index contributed by atoms with van der Waals surface area (Å²) in [6.07, 6.45) is 1.20. The van der Waals surface area contributed by atoms with Gasteiger partial charge in [-0.2, -0.15) is 0 Å². The van der Waals surface area contributed by atoms with E-state index in [1.807, 2.05) is 24.3 Å². The van der Waals surface area contributed by atoms with Crippen LogP contribution in [0, 0.1) is 0 Å². The molecule has 0 spiro atoms. The van der Waals surface area contributed by atoms with E-state index in [1.165, 1.54) is 4.57 Å². The number of ether oxygens (including phenoxy) is 1. The first-order valence-electron chi connectivity index (χ1n) is 6.80. The number of benzene rings is 1. The SMILES string of the molecule is CCC(O)c1ccn(Cc2ccc(OC)cc2)c(=O)c1O. The molecule has 0 aliphatic rings. The van der Waals surface area contributed by atoms with Gasteiger partial charge in [0.2, 0.25) is 0 Å². The highest BCUT2D eigenvalue weighted by atomic mass is 16.5. The molecule has 0 saturated heterocycles. The zero-order valence-corrected chi connectivity index (χ0v) is 12.1. The Bertz CT molecular complexity index is 661. The summed E-state index contributed by atoms with van der Waals surface area (Å²) in [6, 6.07) is 8.92. The number of aromatic nitrogens is 1. The normalized spacial score (nSPS) is 12.1. The molecule has 0 aliphatic heterocycles. The van der Waals surface area contributed by atoms with E-state index in [0.717, 1.165) is 11.3 Å². The highest BCUT2D eigenvalue weighted by Crippen LogP contribution is 2.22. The number of hydrogen-bond acceptors (Lipinski definition) is 4. The van der Waals surface area contributed by atoms with Gasteiger partial charge in [-0.3, -0.25) is 4.79 Å². The van der Waals surface area contributed by atoms with Crippen LogP contribution in [0.3, 0.4) is 0 Å². The number of methoxy groups -OCH3 is 1. The van der Waals surface area contributed by atoms with E-state index in [9.17, 15) is 15.0 Å². The van der Waals surface area contributed by atoms with Crippen molar-refractivity contribution in [3.05, 3.63) is 58.0 Å². The van der Waals surface area contributed by atoms with E-state index in [0.29, 0.717) is 13.0 Å². The van der Waals surface area contributed by atoms with Crippen molar-refractivity contribution >= 4 is 0 Å². The third-order valence-corrected chi connectivity index (χ3v) is 3.43. The molecule has 0 bridgehead atoms. The number of aliphatic hydroxyl groups excluding tert-OH is 1. The Hall–Kier alpha value is -2.27. The van der Waals surface area contributed by atoms with Crippen LogP contribution < -0.4 is 10.3 Å². The fraction of sp³-hybridized carbons (Fsp3) is 0.312. The van der Waals surface area contributed by atoms with Crippen LogP contribution in [0.4, 0.5) is 0 Å². The average Bonchev–Trinajstić information content (AvgIpc) is 2.52. The van der Waals surface area contributed by atoms with Crippen LogP contribution in [0.15, 0.2) is 41.3 Å². The smallest absolute Gasteiger partial charge is 0.293 e. The lowest BCUT2D eigenvalue weighted by Crippen LogP contribution is -2.21. The number of hydrogen-bond donors (Lipinski definition) is 2. The van der Waals surface area contributed by atoms with Gasteiger partial charge in [0.1, 0.15) is 5.75 Å². The minimum Gasteiger partial charge on any atom is -0.503 e. The Balaban J connectivity index is 2.28. The van der Waals surface area contributed by atoms with Crippen molar-refractivity contribution in [1.82, 2.24) is 4.57 Å². The second-order valence-corrected chi connectivity index (χ2v) is 4.82. The molecule has 1 aromatic heterocycles. The molecule has 1 aromatic carbocycles. The van der Waals surface area contributed by atoms with Gasteiger partial charge in [0.05, 0.1) is 19.8 Å². The summed E-state index contributed by atoms with van der Waals surface area (Å²) in [6.45, 7) is 2.13.